The van der Waals surface area contributed by atoms with Crippen LogP contribution in [0, 0.1) is 0 Å². The fraction of sp³-hybridized carbons (Fsp3) is 0. The van der Waals surface area contributed by atoms with Crippen LogP contribution < -0.4 is 5.32 Å². The largest absolute Gasteiger partial charge is 0.355 e. The van der Waals surface area contributed by atoms with Gasteiger partial charge in [-0.3, -0.25) is 0 Å². The van der Waals surface area contributed by atoms with Crippen molar-refractivity contribution in [1.82, 2.24) is 0 Å². The van der Waals surface area contributed by atoms with Crippen LogP contribution in [0.1, 0.15) is 0 Å². The van der Waals surface area contributed by atoms with Gasteiger partial charge in [-0.05, 0) is 23.8 Å². The summed E-state index contributed by atoms with van der Waals surface area (Å²) in [6, 6.07) is 21.8. The summed E-state index contributed by atoms with van der Waals surface area (Å²) in [5, 5.41) is 4.57. The second-order valence-electron chi connectivity index (χ2n) is 4.79. The van der Waals surface area contributed by atoms with Gasteiger partial charge >= 0.3 is 0 Å². The first-order chi connectivity index (χ1) is 10.6. The van der Waals surface area contributed by atoms with Crippen molar-refractivity contribution in [3.05, 3.63) is 81.8 Å². The van der Waals surface area contributed by atoms with Crippen LogP contribution >= 0.6 is 34.8 Å². The van der Waals surface area contributed by atoms with E-state index >= 15 is 0 Å². The molecule has 4 heteroatoms. The average molecular weight is 349 g/mol. The molecular formula is C18H12Cl3N. The van der Waals surface area contributed by atoms with Gasteiger partial charge in [-0.2, -0.15) is 0 Å². The molecule has 0 spiro atoms. The zero-order valence-corrected chi connectivity index (χ0v) is 13.8. The monoisotopic (exact) mass is 347 g/mol. The van der Waals surface area contributed by atoms with E-state index in [1.807, 2.05) is 36.4 Å². The van der Waals surface area contributed by atoms with E-state index in [2.05, 4.69) is 23.5 Å². The van der Waals surface area contributed by atoms with Gasteiger partial charge in [0.2, 0.25) is 0 Å². The number of para-hydroxylation sites is 1. The number of hydrogen-bond acceptors (Lipinski definition) is 1. The molecule has 0 aliphatic carbocycles. The Balaban J connectivity index is 2.00. The molecular weight excluding hydrogens is 337 g/mol. The summed E-state index contributed by atoms with van der Waals surface area (Å²) in [6.45, 7) is 0. The Kier molecular flexibility index (Phi) is 4.58. The number of rotatable bonds is 3. The Bertz CT molecular complexity index is 777. The van der Waals surface area contributed by atoms with Gasteiger partial charge in [0.05, 0.1) is 15.1 Å². The van der Waals surface area contributed by atoms with Gasteiger partial charge in [-0.25, -0.2) is 0 Å². The van der Waals surface area contributed by atoms with E-state index in [1.54, 1.807) is 12.1 Å². The zero-order valence-electron chi connectivity index (χ0n) is 11.5. The second kappa shape index (κ2) is 6.62. The summed E-state index contributed by atoms with van der Waals surface area (Å²) < 4.78 is 0. The summed E-state index contributed by atoms with van der Waals surface area (Å²) in [6.07, 6.45) is 0. The van der Waals surface area contributed by atoms with Crippen molar-refractivity contribution in [2.45, 2.75) is 0 Å². The van der Waals surface area contributed by atoms with Crippen molar-refractivity contribution < 1.29 is 0 Å². The lowest BCUT2D eigenvalue weighted by molar-refractivity contribution is 1.53. The fourth-order valence-electron chi connectivity index (χ4n) is 2.24. The van der Waals surface area contributed by atoms with Gasteiger partial charge in [0.25, 0.3) is 0 Å². The van der Waals surface area contributed by atoms with Crippen LogP contribution in [0.4, 0.5) is 11.4 Å². The molecule has 22 heavy (non-hydrogen) atoms. The number of anilines is 2. The molecule has 3 aromatic carbocycles. The molecule has 0 fully saturated rings. The van der Waals surface area contributed by atoms with E-state index in [1.165, 1.54) is 0 Å². The molecule has 0 radical (unpaired) electrons. The zero-order chi connectivity index (χ0) is 15.5. The maximum atomic E-state index is 6.09. The molecule has 1 N–H and O–H groups in total. The molecule has 0 amide bonds. The lowest BCUT2D eigenvalue weighted by Gasteiger charge is -2.13. The van der Waals surface area contributed by atoms with Crippen LogP contribution in [0.25, 0.3) is 11.1 Å². The predicted octanol–water partition coefficient (Wildman–Crippen LogP) is 7.06. The van der Waals surface area contributed by atoms with Crippen LogP contribution in [-0.2, 0) is 0 Å². The van der Waals surface area contributed by atoms with E-state index in [0.717, 1.165) is 22.5 Å². The molecule has 1 nitrogen and oxygen atoms in total. The third-order valence-corrected chi connectivity index (χ3v) is 4.47. The molecule has 0 aliphatic rings. The summed E-state index contributed by atoms with van der Waals surface area (Å²) in [7, 11) is 0. The van der Waals surface area contributed by atoms with Crippen LogP contribution in [0.3, 0.4) is 0 Å². The summed E-state index contributed by atoms with van der Waals surface area (Å²) >= 11 is 18.2. The first kappa shape index (κ1) is 15.2. The van der Waals surface area contributed by atoms with Gasteiger partial charge in [0, 0.05) is 16.9 Å². The lowest BCUT2D eigenvalue weighted by atomic mass is 10.0. The van der Waals surface area contributed by atoms with E-state index in [-0.39, 0.29) is 0 Å². The van der Waals surface area contributed by atoms with Crippen molar-refractivity contribution in [2.24, 2.45) is 0 Å². The highest BCUT2D eigenvalue weighted by atomic mass is 35.5. The normalized spacial score (nSPS) is 10.5. The minimum atomic E-state index is 0.366. The Morgan fingerprint density at radius 3 is 1.95 bits per heavy atom. The third-order valence-electron chi connectivity index (χ3n) is 3.27. The van der Waals surface area contributed by atoms with Gasteiger partial charge < -0.3 is 5.32 Å². The molecule has 3 aromatic rings. The topological polar surface area (TPSA) is 12.0 Å². The molecule has 3 rings (SSSR count). The van der Waals surface area contributed by atoms with Gasteiger partial charge in [0.15, 0.2) is 0 Å². The molecule has 0 heterocycles. The smallest absolute Gasteiger partial charge is 0.0780 e. The highest BCUT2D eigenvalue weighted by Gasteiger charge is 2.08. The maximum Gasteiger partial charge on any atom is 0.0780 e. The Morgan fingerprint density at radius 1 is 0.682 bits per heavy atom. The molecule has 0 saturated heterocycles. The Hall–Kier alpha value is -1.67. The molecule has 0 aliphatic heterocycles. The molecule has 110 valence electrons. The van der Waals surface area contributed by atoms with E-state index in [0.29, 0.717) is 15.1 Å². The molecule has 0 saturated carbocycles. The third kappa shape index (κ3) is 3.22. The van der Waals surface area contributed by atoms with E-state index in [4.69, 9.17) is 34.8 Å². The summed E-state index contributed by atoms with van der Waals surface area (Å²) in [4.78, 5) is 0. The minimum absolute atomic E-state index is 0.366. The molecule has 0 bridgehead atoms. The van der Waals surface area contributed by atoms with E-state index in [9.17, 15) is 0 Å². The van der Waals surface area contributed by atoms with Gasteiger partial charge in [-0.15, -0.1) is 0 Å². The van der Waals surface area contributed by atoms with Crippen LogP contribution in [0.5, 0.6) is 0 Å². The fourth-order valence-corrected chi connectivity index (χ4v) is 2.84. The minimum Gasteiger partial charge on any atom is -0.355 e. The van der Waals surface area contributed by atoms with Crippen LogP contribution in [0.15, 0.2) is 66.7 Å². The standard InChI is InChI=1S/C18H12Cl3N/c19-15-10-13(11-16(20)18(15)21)22-17-9-5-4-8-14(17)12-6-2-1-3-7-12/h1-11,22H. The quantitative estimate of drug-likeness (QED) is 0.500. The lowest BCUT2D eigenvalue weighted by Crippen LogP contribution is -1.93. The molecule has 0 aromatic heterocycles. The number of hydrogen-bond donors (Lipinski definition) is 1. The maximum absolute atomic E-state index is 6.09. The van der Waals surface area contributed by atoms with Gasteiger partial charge in [-0.1, -0.05) is 83.3 Å². The van der Waals surface area contributed by atoms with Gasteiger partial charge in [0.1, 0.15) is 0 Å². The molecule has 0 unspecified atom stereocenters. The van der Waals surface area contributed by atoms with Crippen molar-refractivity contribution >= 4 is 46.2 Å². The molecule has 0 atom stereocenters. The first-order valence-corrected chi connectivity index (χ1v) is 7.84. The predicted molar refractivity (Wildman–Crippen MR) is 96.6 cm³/mol. The van der Waals surface area contributed by atoms with Crippen LogP contribution in [0.2, 0.25) is 15.1 Å². The van der Waals surface area contributed by atoms with Crippen molar-refractivity contribution in [3.63, 3.8) is 0 Å². The van der Waals surface area contributed by atoms with Crippen LogP contribution in [-0.4, -0.2) is 0 Å². The Labute approximate surface area is 144 Å². The second-order valence-corrected chi connectivity index (χ2v) is 5.98. The Morgan fingerprint density at radius 2 is 1.27 bits per heavy atom. The number of halogens is 3. The summed E-state index contributed by atoms with van der Waals surface area (Å²) in [5.74, 6) is 0. The van der Waals surface area contributed by atoms with E-state index < -0.39 is 0 Å². The highest BCUT2D eigenvalue weighted by molar-refractivity contribution is 6.48. The van der Waals surface area contributed by atoms with Crippen molar-refractivity contribution in [2.75, 3.05) is 5.32 Å². The first-order valence-electron chi connectivity index (χ1n) is 6.71. The van der Waals surface area contributed by atoms with Crippen molar-refractivity contribution in [3.8, 4) is 11.1 Å². The highest BCUT2D eigenvalue weighted by Crippen LogP contribution is 2.36. The average Bonchev–Trinajstić information content (AvgIpc) is 2.54. The van der Waals surface area contributed by atoms with Crippen molar-refractivity contribution in [1.29, 1.82) is 0 Å². The number of nitrogens with one attached hydrogen (secondary N) is 1. The summed E-state index contributed by atoms with van der Waals surface area (Å²) in [5.41, 5.74) is 4.01. The number of benzene rings is 3. The SMILES string of the molecule is Clc1cc(Nc2ccccc2-c2ccccc2)cc(Cl)c1Cl.